The number of anilines is 1. The van der Waals surface area contributed by atoms with E-state index in [2.05, 4.69) is 0 Å². The second kappa shape index (κ2) is 7.29. The van der Waals surface area contributed by atoms with Crippen molar-refractivity contribution >= 4 is 52.0 Å². The molecule has 8 nitrogen and oxygen atoms in total. The van der Waals surface area contributed by atoms with Crippen molar-refractivity contribution in [2.24, 2.45) is 0 Å². The van der Waals surface area contributed by atoms with Crippen molar-refractivity contribution in [3.8, 4) is 11.5 Å². The van der Waals surface area contributed by atoms with Gasteiger partial charge in [0, 0.05) is 11.1 Å². The predicted molar refractivity (Wildman–Crippen MR) is 101 cm³/mol. The summed E-state index contributed by atoms with van der Waals surface area (Å²) in [6, 6.07) is 8.61. The van der Waals surface area contributed by atoms with Crippen LogP contribution < -0.4 is 9.64 Å². The van der Waals surface area contributed by atoms with Gasteiger partial charge in [0.05, 0.1) is 22.6 Å². The molecule has 0 bridgehead atoms. The fraction of sp³-hybridized carbons (Fsp3) is 0.0588. The molecule has 3 rings (SSSR count). The van der Waals surface area contributed by atoms with Crippen LogP contribution >= 0.6 is 23.4 Å². The van der Waals surface area contributed by atoms with Crippen molar-refractivity contribution in [2.45, 2.75) is 0 Å². The number of hydrogen-bond acceptors (Lipinski definition) is 7. The van der Waals surface area contributed by atoms with Crippen molar-refractivity contribution in [3.05, 3.63) is 62.0 Å². The van der Waals surface area contributed by atoms with Crippen molar-refractivity contribution in [3.63, 3.8) is 0 Å². The Morgan fingerprint density at radius 2 is 1.93 bits per heavy atom. The first kappa shape index (κ1) is 18.7. The zero-order valence-corrected chi connectivity index (χ0v) is 15.3. The maximum Gasteiger partial charge on any atom is 0.315 e. The van der Waals surface area contributed by atoms with Crippen LogP contribution in [-0.4, -0.2) is 28.3 Å². The van der Waals surface area contributed by atoms with E-state index in [0.717, 1.165) is 11.0 Å². The van der Waals surface area contributed by atoms with Gasteiger partial charge >= 0.3 is 5.69 Å². The van der Waals surface area contributed by atoms with Gasteiger partial charge in [0.1, 0.15) is 0 Å². The normalized spacial score (nSPS) is 15.5. The zero-order chi connectivity index (χ0) is 19.7. The highest BCUT2D eigenvalue weighted by atomic mass is 35.5. The van der Waals surface area contributed by atoms with Crippen LogP contribution in [0.15, 0.2) is 41.3 Å². The number of nitro benzene ring substituents is 1. The standard InChI is InChI=1S/C17H11ClN2O6S/c1-26-13-7-9(6-12(15(13)21)20(24)25)8-14-16(22)19(17(23)27-14)11-4-2-10(18)3-5-11/h2-8,21H,1H3/b14-8+. The molecule has 0 radical (unpaired) electrons. The first-order valence-electron chi connectivity index (χ1n) is 7.40. The quantitative estimate of drug-likeness (QED) is 0.460. The Hall–Kier alpha value is -3.04. The third-order valence-electron chi connectivity index (χ3n) is 3.67. The van der Waals surface area contributed by atoms with Gasteiger partial charge in [-0.3, -0.25) is 19.7 Å². The van der Waals surface area contributed by atoms with Crippen LogP contribution in [0.25, 0.3) is 6.08 Å². The van der Waals surface area contributed by atoms with E-state index >= 15 is 0 Å². The lowest BCUT2D eigenvalue weighted by atomic mass is 10.1. The SMILES string of the molecule is COc1cc(/C=C2/SC(=O)N(c3ccc(Cl)cc3)C2=O)cc([N+](=O)[O-])c1O. The first-order chi connectivity index (χ1) is 12.8. The molecule has 0 aliphatic carbocycles. The molecule has 2 amide bonds. The van der Waals surface area contributed by atoms with E-state index in [0.29, 0.717) is 22.5 Å². The Morgan fingerprint density at radius 3 is 2.52 bits per heavy atom. The molecule has 0 spiro atoms. The summed E-state index contributed by atoms with van der Waals surface area (Å²) in [5.41, 5.74) is 0.0232. The third-order valence-corrected chi connectivity index (χ3v) is 4.79. The molecule has 138 valence electrons. The number of carbonyl (C=O) groups excluding carboxylic acids is 2. The molecule has 0 unspecified atom stereocenters. The second-order valence-corrected chi connectivity index (χ2v) is 6.77. The van der Waals surface area contributed by atoms with Crippen LogP contribution in [-0.2, 0) is 4.79 Å². The summed E-state index contributed by atoms with van der Waals surface area (Å²) >= 11 is 6.52. The summed E-state index contributed by atoms with van der Waals surface area (Å²) in [6.07, 6.45) is 1.33. The monoisotopic (exact) mass is 406 g/mol. The average molecular weight is 407 g/mol. The Balaban J connectivity index is 2.00. The smallest absolute Gasteiger partial charge is 0.315 e. The molecular formula is C17H11ClN2O6S. The lowest BCUT2D eigenvalue weighted by Crippen LogP contribution is -2.27. The van der Waals surface area contributed by atoms with E-state index in [1.54, 1.807) is 12.1 Å². The summed E-state index contributed by atoms with van der Waals surface area (Å²) in [4.78, 5) is 36.2. The number of methoxy groups -OCH3 is 1. The molecule has 1 fully saturated rings. The number of nitro groups is 1. The Morgan fingerprint density at radius 1 is 1.26 bits per heavy atom. The van der Waals surface area contributed by atoms with Gasteiger partial charge in [0.25, 0.3) is 11.1 Å². The van der Waals surface area contributed by atoms with Gasteiger partial charge in [-0.05, 0) is 53.7 Å². The van der Waals surface area contributed by atoms with E-state index in [9.17, 15) is 24.8 Å². The highest BCUT2D eigenvalue weighted by Gasteiger charge is 2.36. The van der Waals surface area contributed by atoms with Crippen LogP contribution in [0.5, 0.6) is 11.5 Å². The van der Waals surface area contributed by atoms with Crippen molar-refractivity contribution in [1.82, 2.24) is 0 Å². The lowest BCUT2D eigenvalue weighted by molar-refractivity contribution is -0.386. The summed E-state index contributed by atoms with van der Waals surface area (Å²) in [7, 11) is 1.25. The third kappa shape index (κ3) is 3.60. The number of hydrogen-bond donors (Lipinski definition) is 1. The van der Waals surface area contributed by atoms with Crippen LogP contribution in [0.2, 0.25) is 5.02 Å². The Labute approximate surface area is 162 Å². The number of aromatic hydroxyl groups is 1. The number of amides is 2. The Bertz CT molecular complexity index is 990. The number of thioether (sulfide) groups is 1. The van der Waals surface area contributed by atoms with Crippen molar-refractivity contribution < 1.29 is 24.4 Å². The van der Waals surface area contributed by atoms with E-state index in [1.165, 1.54) is 31.4 Å². The number of halogens is 1. The summed E-state index contributed by atoms with van der Waals surface area (Å²) in [6.45, 7) is 0. The number of benzene rings is 2. The molecular weight excluding hydrogens is 396 g/mol. The van der Waals surface area contributed by atoms with Gasteiger partial charge in [0.2, 0.25) is 5.75 Å². The van der Waals surface area contributed by atoms with E-state index in [-0.39, 0.29) is 16.2 Å². The topological polar surface area (TPSA) is 110 Å². The highest BCUT2D eigenvalue weighted by molar-refractivity contribution is 8.19. The zero-order valence-electron chi connectivity index (χ0n) is 13.7. The number of phenolic OH excluding ortho intramolecular Hbond substituents is 1. The number of phenols is 1. The van der Waals surface area contributed by atoms with Crippen LogP contribution in [0.1, 0.15) is 5.56 Å². The number of imide groups is 1. The van der Waals surface area contributed by atoms with E-state index < -0.39 is 27.5 Å². The molecule has 1 aliphatic heterocycles. The fourth-order valence-corrected chi connectivity index (χ4v) is 3.39. The minimum absolute atomic E-state index is 0.0805. The van der Waals surface area contributed by atoms with Gasteiger partial charge < -0.3 is 9.84 Å². The van der Waals surface area contributed by atoms with Gasteiger partial charge in [-0.15, -0.1) is 0 Å². The predicted octanol–water partition coefficient (Wildman–Crippen LogP) is 4.20. The van der Waals surface area contributed by atoms with Crippen LogP contribution in [0.3, 0.4) is 0 Å². The van der Waals surface area contributed by atoms with Gasteiger partial charge in [-0.2, -0.15) is 0 Å². The fourth-order valence-electron chi connectivity index (χ4n) is 2.42. The summed E-state index contributed by atoms with van der Waals surface area (Å²) < 4.78 is 4.93. The maximum absolute atomic E-state index is 12.6. The summed E-state index contributed by atoms with van der Waals surface area (Å²) in [5.74, 6) is -1.30. The molecule has 0 atom stereocenters. The van der Waals surface area contributed by atoms with E-state index in [4.69, 9.17) is 16.3 Å². The van der Waals surface area contributed by atoms with E-state index in [1.807, 2.05) is 0 Å². The molecule has 2 aromatic carbocycles. The van der Waals surface area contributed by atoms with Crippen molar-refractivity contribution in [2.75, 3.05) is 12.0 Å². The molecule has 1 heterocycles. The van der Waals surface area contributed by atoms with Crippen LogP contribution in [0.4, 0.5) is 16.2 Å². The minimum Gasteiger partial charge on any atom is -0.500 e. The summed E-state index contributed by atoms with van der Waals surface area (Å²) in [5, 5.41) is 20.9. The first-order valence-corrected chi connectivity index (χ1v) is 8.60. The molecule has 0 saturated carbocycles. The molecule has 2 aromatic rings. The molecule has 10 heteroatoms. The van der Waals surface area contributed by atoms with Gasteiger partial charge in [0.15, 0.2) is 5.75 Å². The van der Waals surface area contributed by atoms with Gasteiger partial charge in [-0.1, -0.05) is 11.6 Å². The maximum atomic E-state index is 12.6. The molecule has 1 saturated heterocycles. The number of ether oxygens (including phenoxy) is 1. The Kier molecular flexibility index (Phi) is 5.06. The second-order valence-electron chi connectivity index (χ2n) is 5.34. The largest absolute Gasteiger partial charge is 0.500 e. The molecule has 0 aromatic heterocycles. The average Bonchev–Trinajstić information content (AvgIpc) is 2.90. The minimum atomic E-state index is -0.769. The highest BCUT2D eigenvalue weighted by Crippen LogP contribution is 2.40. The molecule has 27 heavy (non-hydrogen) atoms. The molecule has 1 N–H and O–H groups in total. The number of carbonyl (C=O) groups is 2. The number of nitrogens with zero attached hydrogens (tertiary/aromatic N) is 2. The number of rotatable bonds is 4. The van der Waals surface area contributed by atoms with Crippen molar-refractivity contribution in [1.29, 1.82) is 0 Å². The van der Waals surface area contributed by atoms with Gasteiger partial charge in [-0.25, -0.2) is 4.90 Å². The molecule has 1 aliphatic rings. The van der Waals surface area contributed by atoms with Crippen LogP contribution in [0, 0.1) is 10.1 Å². The lowest BCUT2D eigenvalue weighted by Gasteiger charge is -2.12.